The van der Waals surface area contributed by atoms with E-state index in [2.05, 4.69) is 10.6 Å². The molecule has 0 aromatic carbocycles. The van der Waals surface area contributed by atoms with Gasteiger partial charge in [-0.15, -0.1) is 0 Å². The van der Waals surface area contributed by atoms with E-state index in [0.29, 0.717) is 19.2 Å². The van der Waals surface area contributed by atoms with E-state index < -0.39 is 0 Å². The summed E-state index contributed by atoms with van der Waals surface area (Å²) >= 11 is 0. The number of amides is 1. The molecule has 1 amide bonds. The van der Waals surface area contributed by atoms with E-state index in [0.717, 1.165) is 19.3 Å². The number of ether oxygens (including phenoxy) is 1. The van der Waals surface area contributed by atoms with E-state index in [1.54, 1.807) is 7.11 Å². The molecule has 0 aromatic rings. The first-order valence-electron chi connectivity index (χ1n) is 5.41. The molecule has 1 fully saturated rings. The molecule has 0 aromatic heterocycles. The fourth-order valence-electron chi connectivity index (χ4n) is 1.11. The third-order valence-electron chi connectivity index (χ3n) is 2.22. The lowest BCUT2D eigenvalue weighted by molar-refractivity contribution is -0.117. The van der Waals surface area contributed by atoms with Gasteiger partial charge in [0.1, 0.15) is 11.6 Å². The van der Waals surface area contributed by atoms with Crippen LogP contribution in [-0.4, -0.2) is 32.2 Å². The van der Waals surface area contributed by atoms with Crippen LogP contribution in [0.4, 0.5) is 0 Å². The van der Waals surface area contributed by atoms with Gasteiger partial charge < -0.3 is 15.4 Å². The minimum atomic E-state index is -0.327. The second-order valence-electron chi connectivity index (χ2n) is 3.71. The highest BCUT2D eigenvalue weighted by molar-refractivity contribution is 5.97. The molecule has 0 aliphatic heterocycles. The second-order valence-corrected chi connectivity index (χ2v) is 3.71. The molecular formula is C11H17N3O2. The van der Waals surface area contributed by atoms with Gasteiger partial charge in [0.2, 0.25) is 0 Å². The van der Waals surface area contributed by atoms with Gasteiger partial charge in [0, 0.05) is 32.5 Å². The monoisotopic (exact) mass is 223 g/mol. The summed E-state index contributed by atoms with van der Waals surface area (Å²) in [6, 6.07) is 2.33. The molecule has 0 saturated heterocycles. The lowest BCUT2D eigenvalue weighted by atomic mass is 10.3. The van der Waals surface area contributed by atoms with Crippen molar-refractivity contribution in [2.24, 2.45) is 0 Å². The zero-order valence-electron chi connectivity index (χ0n) is 9.45. The van der Waals surface area contributed by atoms with Crippen LogP contribution < -0.4 is 10.6 Å². The van der Waals surface area contributed by atoms with Gasteiger partial charge in [0.05, 0.1) is 0 Å². The quantitative estimate of drug-likeness (QED) is 0.370. The molecule has 2 N–H and O–H groups in total. The Morgan fingerprint density at radius 2 is 2.38 bits per heavy atom. The lowest BCUT2D eigenvalue weighted by Gasteiger charge is -2.04. The summed E-state index contributed by atoms with van der Waals surface area (Å²) in [5, 5.41) is 14.5. The number of carbonyl (C=O) groups is 1. The lowest BCUT2D eigenvalue weighted by Crippen LogP contribution is -2.27. The Hall–Kier alpha value is -1.54. The number of carbonyl (C=O) groups excluding carboxylic acids is 1. The van der Waals surface area contributed by atoms with Crippen molar-refractivity contribution >= 4 is 5.91 Å². The van der Waals surface area contributed by atoms with Crippen LogP contribution in [0.5, 0.6) is 0 Å². The van der Waals surface area contributed by atoms with E-state index in [1.807, 2.05) is 6.07 Å². The fourth-order valence-corrected chi connectivity index (χ4v) is 1.11. The fraction of sp³-hybridized carbons (Fsp3) is 0.636. The largest absolute Gasteiger partial charge is 0.387 e. The van der Waals surface area contributed by atoms with Crippen LogP contribution in [-0.2, 0) is 9.53 Å². The maximum Gasteiger partial charge on any atom is 0.263 e. The van der Waals surface area contributed by atoms with Crippen LogP contribution in [0.3, 0.4) is 0 Å². The molecule has 88 valence electrons. The third kappa shape index (κ3) is 4.80. The minimum Gasteiger partial charge on any atom is -0.387 e. The minimum absolute atomic E-state index is 0.129. The maximum absolute atomic E-state index is 11.5. The molecule has 0 spiro atoms. The molecule has 0 bridgehead atoms. The highest BCUT2D eigenvalue weighted by Crippen LogP contribution is 2.18. The number of rotatable bonds is 7. The molecule has 5 nitrogen and oxygen atoms in total. The Morgan fingerprint density at radius 3 is 2.94 bits per heavy atom. The SMILES string of the molecule is COCCCNC(=O)/C(C#N)=C\NC1CC1. The number of methoxy groups -OCH3 is 1. The van der Waals surface area contributed by atoms with Crippen LogP contribution >= 0.6 is 0 Å². The zero-order chi connectivity index (χ0) is 11.8. The van der Waals surface area contributed by atoms with Gasteiger partial charge in [0.15, 0.2) is 0 Å². The van der Waals surface area contributed by atoms with Gasteiger partial charge in [-0.05, 0) is 19.3 Å². The van der Waals surface area contributed by atoms with E-state index in [9.17, 15) is 4.79 Å². The highest BCUT2D eigenvalue weighted by Gasteiger charge is 2.20. The molecule has 0 unspecified atom stereocenters. The van der Waals surface area contributed by atoms with Crippen molar-refractivity contribution in [1.82, 2.24) is 10.6 Å². The summed E-state index contributed by atoms with van der Waals surface area (Å²) in [7, 11) is 1.61. The van der Waals surface area contributed by atoms with Crippen molar-refractivity contribution in [3.63, 3.8) is 0 Å². The van der Waals surface area contributed by atoms with Gasteiger partial charge in [-0.1, -0.05) is 0 Å². The Morgan fingerprint density at radius 1 is 1.62 bits per heavy atom. The predicted octanol–water partition coefficient (Wildman–Crippen LogP) is 0.299. The van der Waals surface area contributed by atoms with Crippen molar-refractivity contribution in [2.75, 3.05) is 20.3 Å². The smallest absolute Gasteiger partial charge is 0.263 e. The topological polar surface area (TPSA) is 74.1 Å². The van der Waals surface area contributed by atoms with Crippen LogP contribution in [0.1, 0.15) is 19.3 Å². The molecule has 0 atom stereocenters. The molecule has 1 rings (SSSR count). The van der Waals surface area contributed by atoms with Crippen LogP contribution in [0.2, 0.25) is 0 Å². The molecule has 1 aliphatic rings. The van der Waals surface area contributed by atoms with Crippen molar-refractivity contribution in [3.8, 4) is 6.07 Å². The third-order valence-corrected chi connectivity index (χ3v) is 2.22. The van der Waals surface area contributed by atoms with Crippen molar-refractivity contribution in [3.05, 3.63) is 11.8 Å². The molecule has 1 saturated carbocycles. The summed E-state index contributed by atoms with van der Waals surface area (Å²) in [6.45, 7) is 1.13. The molecule has 0 radical (unpaired) electrons. The van der Waals surface area contributed by atoms with Crippen LogP contribution in [0.25, 0.3) is 0 Å². The number of nitriles is 1. The van der Waals surface area contributed by atoms with E-state index in [4.69, 9.17) is 10.00 Å². The van der Waals surface area contributed by atoms with Crippen molar-refractivity contribution in [2.45, 2.75) is 25.3 Å². The first-order chi connectivity index (χ1) is 7.77. The Kier molecular flexibility index (Phi) is 5.37. The van der Waals surface area contributed by atoms with E-state index >= 15 is 0 Å². The molecular weight excluding hydrogens is 206 g/mol. The Labute approximate surface area is 95.5 Å². The van der Waals surface area contributed by atoms with Crippen LogP contribution in [0, 0.1) is 11.3 Å². The normalized spacial score (nSPS) is 15.4. The molecule has 16 heavy (non-hydrogen) atoms. The van der Waals surface area contributed by atoms with Gasteiger partial charge in [-0.3, -0.25) is 4.79 Å². The first-order valence-corrected chi connectivity index (χ1v) is 5.41. The average Bonchev–Trinajstić information content (AvgIpc) is 3.09. The number of hydrogen-bond acceptors (Lipinski definition) is 4. The predicted molar refractivity (Wildman–Crippen MR) is 59.4 cm³/mol. The van der Waals surface area contributed by atoms with Gasteiger partial charge in [0.25, 0.3) is 5.91 Å². The summed E-state index contributed by atoms with van der Waals surface area (Å²) in [5.41, 5.74) is 0.129. The number of nitrogens with zero attached hydrogens (tertiary/aromatic N) is 1. The van der Waals surface area contributed by atoms with Gasteiger partial charge >= 0.3 is 0 Å². The maximum atomic E-state index is 11.5. The summed E-state index contributed by atoms with van der Waals surface area (Å²) < 4.78 is 4.85. The number of hydrogen-bond donors (Lipinski definition) is 2. The molecule has 5 heteroatoms. The standard InChI is InChI=1S/C11H17N3O2/c1-16-6-2-5-13-11(15)9(7-12)8-14-10-3-4-10/h8,10,14H,2-6H2,1H3,(H,13,15)/b9-8-. The van der Waals surface area contributed by atoms with E-state index in [1.165, 1.54) is 6.20 Å². The van der Waals surface area contributed by atoms with E-state index in [-0.39, 0.29) is 11.5 Å². The Balaban J connectivity index is 2.25. The van der Waals surface area contributed by atoms with Gasteiger partial charge in [-0.25, -0.2) is 0 Å². The summed E-state index contributed by atoms with van der Waals surface area (Å²) in [5.74, 6) is -0.327. The second kappa shape index (κ2) is 6.85. The average molecular weight is 223 g/mol. The summed E-state index contributed by atoms with van der Waals surface area (Å²) in [4.78, 5) is 11.5. The van der Waals surface area contributed by atoms with Gasteiger partial charge in [-0.2, -0.15) is 5.26 Å². The summed E-state index contributed by atoms with van der Waals surface area (Å²) in [6.07, 6.45) is 4.48. The molecule has 0 heterocycles. The highest BCUT2D eigenvalue weighted by atomic mass is 16.5. The zero-order valence-corrected chi connectivity index (χ0v) is 9.45. The van der Waals surface area contributed by atoms with Crippen molar-refractivity contribution < 1.29 is 9.53 Å². The number of nitrogens with one attached hydrogen (secondary N) is 2. The van der Waals surface area contributed by atoms with Crippen LogP contribution in [0.15, 0.2) is 11.8 Å². The Bertz CT molecular complexity index is 303. The first kappa shape index (κ1) is 12.5. The van der Waals surface area contributed by atoms with Crippen molar-refractivity contribution in [1.29, 1.82) is 5.26 Å². The molecule has 1 aliphatic carbocycles.